The number of rotatable bonds is 2. The molecule has 132 valence electrons. The first kappa shape index (κ1) is 16.2. The fraction of sp³-hybridized carbons (Fsp3) is 0.500. The van der Waals surface area contributed by atoms with Crippen LogP contribution in [0.2, 0.25) is 0 Å². The zero-order valence-corrected chi connectivity index (χ0v) is 14.7. The molecule has 1 fully saturated rings. The van der Waals surface area contributed by atoms with Gasteiger partial charge in [-0.3, -0.25) is 4.79 Å². The average molecular weight is 342 g/mol. The van der Waals surface area contributed by atoms with Crippen molar-refractivity contribution in [3.8, 4) is 11.5 Å². The molecule has 2 aromatic rings. The topological polar surface area (TPSA) is 71.7 Å². The first-order chi connectivity index (χ1) is 12.0. The van der Waals surface area contributed by atoms with Crippen molar-refractivity contribution in [1.29, 1.82) is 0 Å². The van der Waals surface area contributed by atoms with Gasteiger partial charge in [-0.1, -0.05) is 0 Å². The van der Waals surface area contributed by atoms with Crippen molar-refractivity contribution in [3.63, 3.8) is 0 Å². The van der Waals surface area contributed by atoms with Crippen LogP contribution in [0.4, 0.5) is 5.69 Å². The van der Waals surface area contributed by atoms with Crippen molar-refractivity contribution in [1.82, 2.24) is 15.1 Å². The van der Waals surface area contributed by atoms with Crippen LogP contribution in [-0.2, 0) is 16.0 Å². The first-order valence-corrected chi connectivity index (χ1v) is 8.60. The van der Waals surface area contributed by atoms with Crippen LogP contribution >= 0.6 is 0 Å². The van der Waals surface area contributed by atoms with E-state index in [0.717, 1.165) is 42.9 Å². The summed E-state index contributed by atoms with van der Waals surface area (Å²) >= 11 is 0. The molecule has 0 saturated carbocycles. The zero-order chi connectivity index (χ0) is 17.6. The standard InChI is InChI=1S/C18H22N4O3/c1-11-9-21(3)10-16(24-11)18-20-19-17(25-18)14-4-5-15-13(8-14)6-7-22(15)12(2)23/h4-5,8,11,16H,6-7,9-10H2,1-3H3/t11-,16-/m1/s1. The number of hydrogen-bond acceptors (Lipinski definition) is 6. The number of amides is 1. The normalized spacial score (nSPS) is 23.7. The number of carbonyl (C=O) groups is 1. The summed E-state index contributed by atoms with van der Waals surface area (Å²) in [6, 6.07) is 5.91. The van der Waals surface area contributed by atoms with E-state index in [2.05, 4.69) is 22.1 Å². The Bertz CT molecular complexity index is 793. The van der Waals surface area contributed by atoms with Gasteiger partial charge in [0.25, 0.3) is 0 Å². The van der Waals surface area contributed by atoms with Crippen LogP contribution in [0.1, 0.15) is 31.4 Å². The van der Waals surface area contributed by atoms with E-state index in [4.69, 9.17) is 9.15 Å². The highest BCUT2D eigenvalue weighted by Gasteiger charge is 2.29. The molecule has 4 rings (SSSR count). The van der Waals surface area contributed by atoms with Gasteiger partial charge in [-0.15, -0.1) is 10.2 Å². The third kappa shape index (κ3) is 3.05. The summed E-state index contributed by atoms with van der Waals surface area (Å²) in [5.74, 6) is 1.07. The highest BCUT2D eigenvalue weighted by atomic mass is 16.5. The number of likely N-dealkylation sites (N-methyl/N-ethyl adjacent to an activating group) is 1. The molecule has 2 aliphatic heterocycles. The van der Waals surface area contributed by atoms with E-state index < -0.39 is 0 Å². The maximum atomic E-state index is 11.7. The van der Waals surface area contributed by atoms with Crippen molar-refractivity contribution in [3.05, 3.63) is 29.7 Å². The Morgan fingerprint density at radius 3 is 2.88 bits per heavy atom. The quantitative estimate of drug-likeness (QED) is 0.832. The number of fused-ring (bicyclic) bond motifs is 1. The van der Waals surface area contributed by atoms with Crippen molar-refractivity contribution in [2.45, 2.75) is 32.5 Å². The number of hydrogen-bond donors (Lipinski definition) is 0. The summed E-state index contributed by atoms with van der Waals surface area (Å²) in [6.45, 7) is 6.00. The second-order valence-corrected chi connectivity index (χ2v) is 6.87. The van der Waals surface area contributed by atoms with E-state index in [9.17, 15) is 4.79 Å². The Labute approximate surface area is 146 Å². The summed E-state index contributed by atoms with van der Waals surface area (Å²) in [5, 5.41) is 8.38. The van der Waals surface area contributed by atoms with Gasteiger partial charge in [-0.25, -0.2) is 0 Å². The smallest absolute Gasteiger partial charge is 0.247 e. The van der Waals surface area contributed by atoms with Gasteiger partial charge in [0.15, 0.2) is 0 Å². The van der Waals surface area contributed by atoms with Crippen LogP contribution in [0.15, 0.2) is 22.6 Å². The molecular formula is C18H22N4O3. The fourth-order valence-corrected chi connectivity index (χ4v) is 3.64. The molecule has 7 nitrogen and oxygen atoms in total. The fourth-order valence-electron chi connectivity index (χ4n) is 3.64. The second kappa shape index (κ2) is 6.24. The summed E-state index contributed by atoms with van der Waals surface area (Å²) in [4.78, 5) is 15.7. The second-order valence-electron chi connectivity index (χ2n) is 6.87. The number of anilines is 1. The molecule has 2 aliphatic rings. The van der Waals surface area contributed by atoms with Crippen molar-refractivity contribution in [2.24, 2.45) is 0 Å². The minimum atomic E-state index is -0.197. The highest BCUT2D eigenvalue weighted by molar-refractivity contribution is 5.94. The Morgan fingerprint density at radius 1 is 1.28 bits per heavy atom. The van der Waals surface area contributed by atoms with Crippen LogP contribution in [0.5, 0.6) is 0 Å². The third-order valence-corrected chi connectivity index (χ3v) is 4.76. The lowest BCUT2D eigenvalue weighted by Crippen LogP contribution is -2.40. The van der Waals surface area contributed by atoms with Crippen LogP contribution in [0.25, 0.3) is 11.5 Å². The SMILES string of the molecule is CC(=O)N1CCc2cc(-c3nnc([C@H]4CN(C)C[C@@H](C)O4)o3)ccc21. The van der Waals surface area contributed by atoms with Gasteiger partial charge < -0.3 is 19.0 Å². The zero-order valence-electron chi connectivity index (χ0n) is 14.7. The van der Waals surface area contributed by atoms with Crippen LogP contribution < -0.4 is 4.90 Å². The lowest BCUT2D eigenvalue weighted by Gasteiger charge is -2.32. The molecule has 0 aliphatic carbocycles. The Morgan fingerprint density at radius 2 is 2.12 bits per heavy atom. The molecule has 7 heteroatoms. The minimum absolute atomic E-state index is 0.0688. The Hall–Kier alpha value is -2.25. The molecule has 0 spiro atoms. The van der Waals surface area contributed by atoms with E-state index in [1.807, 2.05) is 25.1 Å². The van der Waals surface area contributed by atoms with Gasteiger partial charge in [-0.05, 0) is 44.2 Å². The molecule has 25 heavy (non-hydrogen) atoms. The molecule has 1 saturated heterocycles. The van der Waals surface area contributed by atoms with Gasteiger partial charge >= 0.3 is 0 Å². The Balaban J connectivity index is 1.58. The van der Waals surface area contributed by atoms with Gasteiger partial charge in [0, 0.05) is 37.8 Å². The van der Waals surface area contributed by atoms with E-state index in [-0.39, 0.29) is 18.1 Å². The van der Waals surface area contributed by atoms with E-state index in [1.54, 1.807) is 11.8 Å². The van der Waals surface area contributed by atoms with Gasteiger partial charge in [0.1, 0.15) is 6.10 Å². The van der Waals surface area contributed by atoms with Crippen LogP contribution in [0, 0.1) is 0 Å². The summed E-state index contributed by atoms with van der Waals surface area (Å²) in [6.07, 6.45) is 0.784. The largest absolute Gasteiger partial charge is 0.418 e. The molecule has 2 atom stereocenters. The summed E-state index contributed by atoms with van der Waals surface area (Å²) in [5.41, 5.74) is 2.98. The maximum absolute atomic E-state index is 11.7. The van der Waals surface area contributed by atoms with Crippen molar-refractivity contribution >= 4 is 11.6 Å². The predicted octanol–water partition coefficient (Wildman–Crippen LogP) is 2.04. The molecule has 1 aromatic heterocycles. The number of aromatic nitrogens is 2. The maximum Gasteiger partial charge on any atom is 0.247 e. The highest BCUT2D eigenvalue weighted by Crippen LogP contribution is 2.33. The monoisotopic (exact) mass is 342 g/mol. The molecule has 3 heterocycles. The minimum Gasteiger partial charge on any atom is -0.418 e. The first-order valence-electron chi connectivity index (χ1n) is 8.60. The number of nitrogens with zero attached hydrogens (tertiary/aromatic N) is 4. The average Bonchev–Trinajstić information content (AvgIpc) is 3.20. The molecular weight excluding hydrogens is 320 g/mol. The number of ether oxygens (including phenoxy) is 1. The van der Waals surface area contributed by atoms with Crippen LogP contribution in [0.3, 0.4) is 0 Å². The molecule has 0 N–H and O–H groups in total. The lowest BCUT2D eigenvalue weighted by molar-refractivity contribution is -0.116. The summed E-state index contributed by atoms with van der Waals surface area (Å²) in [7, 11) is 2.06. The third-order valence-electron chi connectivity index (χ3n) is 4.76. The van der Waals surface area contributed by atoms with Crippen molar-refractivity contribution < 1.29 is 13.9 Å². The predicted molar refractivity (Wildman–Crippen MR) is 92.3 cm³/mol. The molecule has 1 amide bonds. The van der Waals surface area contributed by atoms with Crippen molar-refractivity contribution in [2.75, 3.05) is 31.6 Å². The van der Waals surface area contributed by atoms with E-state index >= 15 is 0 Å². The lowest BCUT2D eigenvalue weighted by atomic mass is 10.1. The Kier molecular flexibility index (Phi) is 4.05. The summed E-state index contributed by atoms with van der Waals surface area (Å²) < 4.78 is 11.8. The van der Waals surface area contributed by atoms with Gasteiger partial charge in [0.2, 0.25) is 17.7 Å². The van der Waals surface area contributed by atoms with E-state index in [1.165, 1.54) is 0 Å². The molecule has 0 unspecified atom stereocenters. The number of benzene rings is 1. The van der Waals surface area contributed by atoms with Gasteiger partial charge in [-0.2, -0.15) is 0 Å². The molecule has 0 bridgehead atoms. The number of carbonyl (C=O) groups excluding carboxylic acids is 1. The molecule has 1 aromatic carbocycles. The van der Waals surface area contributed by atoms with Crippen LogP contribution in [-0.4, -0.2) is 53.8 Å². The van der Waals surface area contributed by atoms with Gasteiger partial charge in [0.05, 0.1) is 6.10 Å². The van der Waals surface area contributed by atoms with E-state index in [0.29, 0.717) is 11.8 Å². The number of morpholine rings is 1. The molecule has 0 radical (unpaired) electrons.